The van der Waals surface area contributed by atoms with Gasteiger partial charge in [-0.2, -0.15) is 0 Å². The van der Waals surface area contributed by atoms with Gasteiger partial charge in [0.15, 0.2) is 29.0 Å². The zero-order valence-electron chi connectivity index (χ0n) is 41.4. The molecule has 14 atom stereocenters. The zero-order chi connectivity index (χ0) is 49.2. The number of unbranched alkanes of at least 4 members (excludes halogenated alkanes) is 1. The summed E-state index contributed by atoms with van der Waals surface area (Å²) in [7, 11) is 5.28. The Balaban J connectivity index is 1.24. The van der Waals surface area contributed by atoms with E-state index in [0.717, 1.165) is 5.52 Å². The fourth-order valence-electron chi connectivity index (χ4n) is 11.1. The Labute approximate surface area is 399 Å². The minimum atomic E-state index is -1.45. The predicted octanol–water partition coefficient (Wildman–Crippen LogP) is 5.73. The number of likely N-dealkylation sites (N-methyl/N-ethyl adjacent to an activating group) is 1. The lowest BCUT2D eigenvalue weighted by Gasteiger charge is -2.48. The molecule has 6 heterocycles. The molecule has 7 rings (SSSR count). The van der Waals surface area contributed by atoms with E-state index < -0.39 is 89.7 Å². The van der Waals surface area contributed by atoms with Crippen LogP contribution in [-0.4, -0.2) is 148 Å². The molecular formula is C50H71N5O13. The number of cyclic esters (lactones) is 1. The van der Waals surface area contributed by atoms with Crippen LogP contribution in [0.15, 0.2) is 42.9 Å². The van der Waals surface area contributed by atoms with Crippen molar-refractivity contribution >= 4 is 35.0 Å². The van der Waals surface area contributed by atoms with Crippen molar-refractivity contribution < 1.29 is 62.2 Å². The Morgan fingerprint density at radius 1 is 0.985 bits per heavy atom. The second-order valence-corrected chi connectivity index (χ2v) is 19.9. The van der Waals surface area contributed by atoms with E-state index in [9.17, 15) is 19.5 Å². The number of ketones is 1. The summed E-state index contributed by atoms with van der Waals surface area (Å²) in [5, 5.41) is 11.8. The van der Waals surface area contributed by atoms with Gasteiger partial charge in [0.2, 0.25) is 6.79 Å². The largest absolute Gasteiger partial charge is 0.461 e. The average Bonchev–Trinajstić information content (AvgIpc) is 4.02. The van der Waals surface area contributed by atoms with Crippen LogP contribution in [0.1, 0.15) is 93.1 Å². The van der Waals surface area contributed by atoms with Gasteiger partial charge in [0.05, 0.1) is 48.0 Å². The third-order valence-corrected chi connectivity index (χ3v) is 14.8. The van der Waals surface area contributed by atoms with E-state index in [0.29, 0.717) is 48.5 Å². The molecule has 0 unspecified atom stereocenters. The van der Waals surface area contributed by atoms with Gasteiger partial charge in [-0.25, -0.2) is 14.8 Å². The molecular weight excluding hydrogens is 879 g/mol. The lowest BCUT2D eigenvalue weighted by molar-refractivity contribution is -0.301. The number of hydrogen-bond acceptors (Lipinski definition) is 16. The maximum absolute atomic E-state index is 15.1. The van der Waals surface area contributed by atoms with E-state index in [2.05, 4.69) is 9.97 Å². The van der Waals surface area contributed by atoms with Crippen LogP contribution < -0.4 is 9.47 Å². The molecule has 3 saturated heterocycles. The smallest absolute Gasteiger partial charge is 0.410 e. The Morgan fingerprint density at radius 3 is 2.44 bits per heavy atom. The van der Waals surface area contributed by atoms with Crippen LogP contribution in [0, 0.1) is 23.7 Å². The van der Waals surface area contributed by atoms with Crippen molar-refractivity contribution in [3.05, 3.63) is 48.4 Å². The van der Waals surface area contributed by atoms with Crippen molar-refractivity contribution in [1.82, 2.24) is 24.3 Å². The molecule has 1 aromatic carbocycles. The molecule has 1 amide bonds. The normalized spacial score (nSPS) is 34.7. The number of esters is 2. The molecule has 3 fully saturated rings. The number of aliphatic hydroxyl groups excluding tert-OH is 1. The van der Waals surface area contributed by atoms with Gasteiger partial charge in [0.1, 0.15) is 24.1 Å². The highest BCUT2D eigenvalue weighted by Crippen LogP contribution is 2.44. The number of carbonyl (C=O) groups is 4. The van der Waals surface area contributed by atoms with Gasteiger partial charge in [-0.3, -0.25) is 14.4 Å². The standard InChI is InChI=1S/C50H71N5O13/c1-12-38-50(8)43(55(48(60)68-50)21-14-13-20-54-26-52-45-34(54)16-15-19-51-45)30(4)40(57)28(2)25-49(7,61-11)44(67-47-41(58)35(53(9)10)22-29(3)64-47)31(5)42(32(6)46(59)65-38)66-39(56)24-33-17-18-36-37(23-33)63-27-62-36/h15-19,23,26,28-32,35,38,41-44,47,58H,12-14,20-22,24-25,27H2,1-11H3/t28-,29-,30+,31+,32-,35+,38-,41-,42+,43-,44-,47+,49+,50-/m1/s1. The molecule has 0 radical (unpaired) electrons. The Kier molecular flexibility index (Phi) is 15.7. The number of carbonyl (C=O) groups excluding carboxylic acids is 4. The number of Topliss-reactive ketones (excluding diaryl/α,β-unsaturated/α-hetero) is 1. The number of benzene rings is 1. The molecule has 1 N–H and O–H groups in total. The number of amides is 1. The molecule has 0 saturated carbocycles. The van der Waals surface area contributed by atoms with E-state index in [1.54, 1.807) is 63.3 Å². The zero-order valence-corrected chi connectivity index (χ0v) is 41.4. The third kappa shape index (κ3) is 10.3. The lowest BCUT2D eigenvalue weighted by Crippen LogP contribution is -2.61. The Hall–Kier alpha value is -4.88. The van der Waals surface area contributed by atoms with Gasteiger partial charge in [0, 0.05) is 50.2 Å². The summed E-state index contributed by atoms with van der Waals surface area (Å²) >= 11 is 0. The second-order valence-electron chi connectivity index (χ2n) is 19.9. The molecule has 3 aromatic rings. The topological polar surface area (TPSA) is 200 Å². The minimum Gasteiger partial charge on any atom is -0.461 e. The van der Waals surface area contributed by atoms with Gasteiger partial charge in [-0.15, -0.1) is 0 Å². The highest BCUT2D eigenvalue weighted by atomic mass is 16.7. The summed E-state index contributed by atoms with van der Waals surface area (Å²) in [5.41, 5.74) is -0.605. The third-order valence-electron chi connectivity index (χ3n) is 14.8. The number of aromatic nitrogens is 3. The Morgan fingerprint density at radius 2 is 1.72 bits per heavy atom. The lowest BCUT2D eigenvalue weighted by atomic mass is 9.73. The SMILES string of the molecule is CC[C@H]1OC(=O)[C@H](C)[C@@H](OC(=O)Cc2ccc3c(c2)OCO3)[C@H](C)[C@@H](O[C@@H]2O[C@H](C)C[C@H](N(C)C)[C@H]2O)[C@@](C)(OC)C[C@@H](C)C(=O)[C@H](C)[C@H]2N(CCCCn3cnc4ncccc43)C(=O)O[C@]12C. The maximum Gasteiger partial charge on any atom is 0.410 e. The van der Waals surface area contributed by atoms with Crippen LogP contribution in [0.25, 0.3) is 11.2 Å². The monoisotopic (exact) mass is 950 g/mol. The summed E-state index contributed by atoms with van der Waals surface area (Å²) in [4.78, 5) is 70.4. The number of rotatable bonds is 13. The van der Waals surface area contributed by atoms with Crippen LogP contribution in [0.2, 0.25) is 0 Å². The first kappa shape index (κ1) is 51.0. The summed E-state index contributed by atoms with van der Waals surface area (Å²) in [5.74, 6) is -3.86. The van der Waals surface area contributed by atoms with E-state index in [1.807, 2.05) is 63.4 Å². The highest BCUT2D eigenvalue weighted by molar-refractivity contribution is 5.85. The molecule has 0 aliphatic carbocycles. The first-order valence-electron chi connectivity index (χ1n) is 24.1. The quantitative estimate of drug-likeness (QED) is 0.124. The summed E-state index contributed by atoms with van der Waals surface area (Å²) in [6.45, 7) is 15.3. The number of aryl methyl sites for hydroxylation is 1. The van der Waals surface area contributed by atoms with Crippen molar-refractivity contribution in [3.8, 4) is 11.5 Å². The molecule has 18 heteroatoms. The molecule has 374 valence electrons. The van der Waals surface area contributed by atoms with Gasteiger partial charge < -0.3 is 57.4 Å². The first-order chi connectivity index (χ1) is 32.3. The van der Waals surface area contributed by atoms with Crippen molar-refractivity contribution in [2.24, 2.45) is 23.7 Å². The van der Waals surface area contributed by atoms with Crippen molar-refractivity contribution in [3.63, 3.8) is 0 Å². The number of ether oxygens (including phenoxy) is 8. The maximum atomic E-state index is 15.1. The fourth-order valence-corrected chi connectivity index (χ4v) is 11.1. The fraction of sp³-hybridized carbons (Fsp3) is 0.680. The van der Waals surface area contributed by atoms with Crippen LogP contribution in [0.3, 0.4) is 0 Å². The van der Waals surface area contributed by atoms with Crippen LogP contribution >= 0.6 is 0 Å². The summed E-state index contributed by atoms with van der Waals surface area (Å²) in [6.07, 6.45) is -0.967. The van der Waals surface area contributed by atoms with E-state index in [-0.39, 0.29) is 50.5 Å². The number of pyridine rings is 1. The number of aliphatic hydroxyl groups is 1. The van der Waals surface area contributed by atoms with Gasteiger partial charge >= 0.3 is 18.0 Å². The van der Waals surface area contributed by atoms with Crippen LogP contribution in [0.4, 0.5) is 4.79 Å². The molecule has 4 aliphatic heterocycles. The van der Waals surface area contributed by atoms with Crippen LogP contribution in [0.5, 0.6) is 11.5 Å². The van der Waals surface area contributed by atoms with Crippen molar-refractivity contribution in [2.45, 2.75) is 161 Å². The second kappa shape index (κ2) is 21.0. The molecule has 0 bridgehead atoms. The molecule has 18 nitrogen and oxygen atoms in total. The predicted molar refractivity (Wildman–Crippen MR) is 247 cm³/mol. The molecule has 4 aliphatic rings. The van der Waals surface area contributed by atoms with Gasteiger partial charge in [-0.1, -0.05) is 33.8 Å². The average molecular weight is 950 g/mol. The molecule has 68 heavy (non-hydrogen) atoms. The molecule has 0 spiro atoms. The minimum absolute atomic E-state index is 0.0670. The van der Waals surface area contributed by atoms with Gasteiger partial charge in [-0.05, 0) is 104 Å². The number of methoxy groups -OCH3 is 1. The molecule has 2 aromatic heterocycles. The highest BCUT2D eigenvalue weighted by Gasteiger charge is 2.60. The first-order valence-corrected chi connectivity index (χ1v) is 24.1. The number of nitrogens with zero attached hydrogens (tertiary/aromatic N) is 5. The van der Waals surface area contributed by atoms with Gasteiger partial charge in [0.25, 0.3) is 0 Å². The van der Waals surface area contributed by atoms with Crippen LogP contribution in [-0.2, 0) is 55.8 Å². The summed E-state index contributed by atoms with van der Waals surface area (Å²) < 4.78 is 51.8. The van der Waals surface area contributed by atoms with Crippen molar-refractivity contribution in [1.29, 1.82) is 0 Å². The number of hydrogen-bond donors (Lipinski definition) is 1. The summed E-state index contributed by atoms with van der Waals surface area (Å²) in [6, 6.07) is 7.85. The van der Waals surface area contributed by atoms with E-state index in [1.165, 1.54) is 7.11 Å². The number of imidazole rings is 1. The Bertz CT molecular complexity index is 2270. The van der Waals surface area contributed by atoms with E-state index >= 15 is 4.79 Å². The number of fused-ring (bicyclic) bond motifs is 3. The van der Waals surface area contributed by atoms with Crippen molar-refractivity contribution in [2.75, 3.05) is 34.5 Å². The van der Waals surface area contributed by atoms with E-state index in [4.69, 9.17) is 37.9 Å².